The molecule has 0 amide bonds. The summed E-state index contributed by atoms with van der Waals surface area (Å²) in [6.07, 6.45) is 8.12. The molecule has 1 atom stereocenters. The van der Waals surface area contributed by atoms with Crippen LogP contribution in [0.4, 0.5) is 0 Å². The third-order valence-electron chi connectivity index (χ3n) is 5.51. The second-order valence-corrected chi connectivity index (χ2v) is 11.0. The van der Waals surface area contributed by atoms with Gasteiger partial charge >= 0.3 is 0 Å². The number of H-pyrrole nitrogens is 1. The van der Waals surface area contributed by atoms with Crippen LogP contribution < -0.4 is 0 Å². The molecule has 9 heteroatoms. The van der Waals surface area contributed by atoms with Gasteiger partial charge in [-0.25, -0.2) is 19.5 Å². The summed E-state index contributed by atoms with van der Waals surface area (Å²) in [7, 11) is 0. The van der Waals surface area contributed by atoms with E-state index in [1.54, 1.807) is 28.9 Å². The van der Waals surface area contributed by atoms with Crippen molar-refractivity contribution in [3.8, 4) is 10.7 Å². The van der Waals surface area contributed by atoms with E-state index in [-0.39, 0.29) is 5.25 Å². The number of aromatic amines is 1. The number of fused-ring (bicyclic) bond motifs is 2. The third kappa shape index (κ3) is 2.40. The first-order valence-electron chi connectivity index (χ1n) is 9.30. The summed E-state index contributed by atoms with van der Waals surface area (Å²) >= 11 is 2.11. The van der Waals surface area contributed by atoms with Crippen molar-refractivity contribution in [1.29, 1.82) is 0 Å². The van der Waals surface area contributed by atoms with Gasteiger partial charge in [0.05, 0.1) is 17.1 Å². The maximum Gasteiger partial charge on any atom is 0.234 e. The van der Waals surface area contributed by atoms with Gasteiger partial charge in [-0.3, -0.25) is 5.10 Å². The van der Waals surface area contributed by atoms with Crippen LogP contribution in [-0.2, 0) is 11.2 Å². The Labute approximate surface area is 171 Å². The molecular weight excluding hydrogens is 410 g/mol. The van der Waals surface area contributed by atoms with Crippen molar-refractivity contribution >= 4 is 60.5 Å². The molecule has 0 spiro atoms. The molecule has 1 N–H and O–H groups in total. The molecule has 0 aromatic carbocycles. The summed E-state index contributed by atoms with van der Waals surface area (Å²) in [5.41, 5.74) is 2.80. The number of aryl methyl sites for hydroxylation is 1. The minimum atomic E-state index is -1.02. The molecule has 1 aliphatic carbocycles. The zero-order valence-corrected chi connectivity index (χ0v) is 17.6. The van der Waals surface area contributed by atoms with Gasteiger partial charge in [0.15, 0.2) is 0 Å². The fourth-order valence-electron chi connectivity index (χ4n) is 4.12. The van der Waals surface area contributed by atoms with Crippen molar-refractivity contribution in [3.05, 3.63) is 29.7 Å². The molecule has 0 bridgehead atoms. The Morgan fingerprint density at radius 1 is 1.29 bits per heavy atom. The molecule has 1 fully saturated rings. The van der Waals surface area contributed by atoms with Crippen molar-refractivity contribution in [1.82, 2.24) is 24.6 Å². The average molecular weight is 428 g/mol. The molecule has 5 aromatic heterocycles. The normalized spacial score (nSPS) is 16.8. The molecule has 1 unspecified atom stereocenters. The van der Waals surface area contributed by atoms with Crippen molar-refractivity contribution in [2.24, 2.45) is 0 Å². The SMILES string of the molecule is Cc1ncc2c3cc(-c4nccs4)nc4sc([S+]([O-])C5CCCC5)c([nH]n12)c43. The Hall–Kier alpha value is -1.94. The van der Waals surface area contributed by atoms with Crippen LogP contribution in [0.5, 0.6) is 0 Å². The van der Waals surface area contributed by atoms with Gasteiger partial charge < -0.3 is 4.55 Å². The maximum atomic E-state index is 13.4. The van der Waals surface area contributed by atoms with Gasteiger partial charge in [-0.15, -0.1) is 11.3 Å². The number of rotatable bonds is 3. The van der Waals surface area contributed by atoms with Crippen molar-refractivity contribution in [2.45, 2.75) is 42.1 Å². The van der Waals surface area contributed by atoms with Gasteiger partial charge in [-0.05, 0) is 38.7 Å². The van der Waals surface area contributed by atoms with Gasteiger partial charge in [0.1, 0.15) is 32.1 Å². The van der Waals surface area contributed by atoms with Crippen molar-refractivity contribution in [2.75, 3.05) is 0 Å². The number of thiophene rings is 1. The van der Waals surface area contributed by atoms with E-state index in [1.165, 1.54) is 12.8 Å². The standard InChI is InChI=1S/C19H17N5OS3/c1-10-21-9-14-12-8-13(17-20-6-7-26-17)22-18-15(12)16(23-24(10)14)19(27-18)28(25)11-4-2-3-5-11/h6-9,11,23H,2-5H2,1H3. The van der Waals surface area contributed by atoms with Crippen LogP contribution in [0.25, 0.3) is 37.3 Å². The second-order valence-electron chi connectivity index (χ2n) is 7.18. The fourth-order valence-corrected chi connectivity index (χ4v) is 7.99. The lowest BCUT2D eigenvalue weighted by Crippen LogP contribution is -2.17. The van der Waals surface area contributed by atoms with E-state index in [2.05, 4.69) is 21.1 Å². The Morgan fingerprint density at radius 3 is 2.93 bits per heavy atom. The number of thiazole rings is 1. The zero-order chi connectivity index (χ0) is 18.8. The lowest BCUT2D eigenvalue weighted by Gasteiger charge is -2.15. The maximum absolute atomic E-state index is 13.4. The van der Waals surface area contributed by atoms with Crippen molar-refractivity contribution in [3.63, 3.8) is 0 Å². The number of hydrogen-bond donors (Lipinski definition) is 1. The highest BCUT2D eigenvalue weighted by atomic mass is 32.2. The van der Waals surface area contributed by atoms with E-state index < -0.39 is 11.2 Å². The van der Waals surface area contributed by atoms with Gasteiger partial charge in [0.25, 0.3) is 0 Å². The van der Waals surface area contributed by atoms with Crippen LogP contribution in [0.15, 0.2) is 28.0 Å². The van der Waals surface area contributed by atoms with Crippen LogP contribution in [0.2, 0.25) is 0 Å². The van der Waals surface area contributed by atoms with E-state index in [1.807, 2.05) is 23.0 Å². The number of nitrogens with one attached hydrogen (secondary N) is 1. The Kier molecular flexibility index (Phi) is 3.81. The summed E-state index contributed by atoms with van der Waals surface area (Å²) in [6.45, 7) is 1.97. The molecule has 5 heterocycles. The molecule has 5 aromatic rings. The van der Waals surface area contributed by atoms with E-state index in [0.29, 0.717) is 0 Å². The molecule has 0 aliphatic heterocycles. The molecular formula is C19H17N5OS3. The number of imidazole rings is 1. The highest BCUT2D eigenvalue weighted by molar-refractivity contribution is 7.94. The van der Waals surface area contributed by atoms with Crippen LogP contribution in [0.1, 0.15) is 31.5 Å². The molecule has 1 aliphatic rings. The molecule has 6 rings (SSSR count). The molecule has 6 nitrogen and oxygen atoms in total. The summed E-state index contributed by atoms with van der Waals surface area (Å²) < 4.78 is 16.3. The van der Waals surface area contributed by atoms with Crippen molar-refractivity contribution < 1.29 is 4.55 Å². The number of nitrogens with zero attached hydrogens (tertiary/aromatic N) is 4. The number of pyridine rings is 1. The summed E-state index contributed by atoms with van der Waals surface area (Å²) in [5, 5.41) is 8.72. The summed E-state index contributed by atoms with van der Waals surface area (Å²) in [6, 6.07) is 2.09. The fraction of sp³-hybridized carbons (Fsp3) is 0.316. The monoisotopic (exact) mass is 427 g/mol. The van der Waals surface area contributed by atoms with Gasteiger partial charge in [-0.1, -0.05) is 11.3 Å². The van der Waals surface area contributed by atoms with Gasteiger partial charge in [-0.2, -0.15) is 0 Å². The molecule has 142 valence electrons. The quantitative estimate of drug-likeness (QED) is 0.415. The average Bonchev–Trinajstić information content (AvgIpc) is 3.50. The van der Waals surface area contributed by atoms with Crippen LogP contribution in [-0.4, -0.2) is 34.4 Å². The summed E-state index contributed by atoms with van der Waals surface area (Å²) in [4.78, 5) is 14.7. The third-order valence-corrected chi connectivity index (χ3v) is 9.57. The Balaban J connectivity index is 1.69. The molecule has 0 saturated heterocycles. The van der Waals surface area contributed by atoms with Crippen LogP contribution >= 0.6 is 22.7 Å². The minimum Gasteiger partial charge on any atom is -0.611 e. The lowest BCUT2D eigenvalue weighted by atomic mass is 10.1. The smallest absolute Gasteiger partial charge is 0.234 e. The first-order valence-corrected chi connectivity index (χ1v) is 12.2. The Morgan fingerprint density at radius 2 is 2.14 bits per heavy atom. The van der Waals surface area contributed by atoms with Crippen LogP contribution in [0, 0.1) is 6.92 Å². The van der Waals surface area contributed by atoms with E-state index in [0.717, 1.165) is 60.2 Å². The highest BCUT2D eigenvalue weighted by Gasteiger charge is 2.33. The minimum absolute atomic E-state index is 0.248. The predicted molar refractivity (Wildman–Crippen MR) is 115 cm³/mol. The molecule has 28 heavy (non-hydrogen) atoms. The van der Waals surface area contributed by atoms with E-state index in [4.69, 9.17) is 4.98 Å². The van der Waals surface area contributed by atoms with Gasteiger partial charge in [0, 0.05) is 28.1 Å². The Bertz CT molecular complexity index is 1310. The van der Waals surface area contributed by atoms with Gasteiger partial charge in [0.2, 0.25) is 4.21 Å². The first kappa shape index (κ1) is 17.0. The molecule has 1 saturated carbocycles. The number of hydrogen-bond acceptors (Lipinski definition) is 6. The summed E-state index contributed by atoms with van der Waals surface area (Å²) in [5.74, 6) is 0.880. The zero-order valence-electron chi connectivity index (χ0n) is 15.1. The van der Waals surface area contributed by atoms with E-state index >= 15 is 0 Å². The largest absolute Gasteiger partial charge is 0.611 e. The van der Waals surface area contributed by atoms with Crippen LogP contribution in [0.3, 0.4) is 0 Å². The highest BCUT2D eigenvalue weighted by Crippen LogP contribution is 2.43. The number of aromatic nitrogens is 5. The molecule has 0 radical (unpaired) electrons. The second kappa shape index (κ2) is 6.28. The first-order chi connectivity index (χ1) is 13.7. The predicted octanol–water partition coefficient (Wildman–Crippen LogP) is 4.91. The lowest BCUT2D eigenvalue weighted by molar-refractivity contribution is 0.581. The topological polar surface area (TPSA) is 81.9 Å². The van der Waals surface area contributed by atoms with E-state index in [9.17, 15) is 4.55 Å².